The summed E-state index contributed by atoms with van der Waals surface area (Å²) < 4.78 is 0. The fourth-order valence-electron chi connectivity index (χ4n) is 3.46. The van der Waals surface area contributed by atoms with E-state index in [1.807, 2.05) is 18.2 Å². The highest BCUT2D eigenvalue weighted by atomic mass is 127. The molecule has 0 bridgehead atoms. The number of hydrogen-bond donors (Lipinski definition) is 3. The third-order valence-electron chi connectivity index (χ3n) is 4.97. The second-order valence-electron chi connectivity index (χ2n) is 6.67. The van der Waals surface area contributed by atoms with Crippen molar-refractivity contribution in [2.24, 2.45) is 4.99 Å². The zero-order valence-corrected chi connectivity index (χ0v) is 18.5. The van der Waals surface area contributed by atoms with Gasteiger partial charge < -0.3 is 15.7 Å². The summed E-state index contributed by atoms with van der Waals surface area (Å²) in [7, 11) is 0. The minimum Gasteiger partial charge on any atom is -0.396 e. The second kappa shape index (κ2) is 13.3. The molecule has 1 saturated heterocycles. The summed E-state index contributed by atoms with van der Waals surface area (Å²) >= 11 is 0. The van der Waals surface area contributed by atoms with E-state index >= 15 is 0 Å². The molecule has 148 valence electrons. The molecule has 2 atom stereocenters. The van der Waals surface area contributed by atoms with Crippen LogP contribution in [0.5, 0.6) is 0 Å². The van der Waals surface area contributed by atoms with Gasteiger partial charge in [0.1, 0.15) is 0 Å². The molecule has 1 aliphatic heterocycles. The summed E-state index contributed by atoms with van der Waals surface area (Å²) in [5.74, 6) is 0.886. The molecule has 0 radical (unpaired) electrons. The van der Waals surface area contributed by atoms with E-state index in [1.54, 1.807) is 0 Å². The Balaban J connectivity index is 0.00000338. The number of likely N-dealkylation sites (tertiary alicyclic amines) is 1. The van der Waals surface area contributed by atoms with Gasteiger partial charge in [-0.3, -0.25) is 9.89 Å². The van der Waals surface area contributed by atoms with Crippen molar-refractivity contribution in [1.82, 2.24) is 15.5 Å². The maximum absolute atomic E-state index is 9.71. The molecule has 0 amide bonds. The van der Waals surface area contributed by atoms with E-state index in [1.165, 1.54) is 25.8 Å². The number of hydrogen-bond acceptors (Lipinski definition) is 3. The Morgan fingerprint density at radius 1 is 1.23 bits per heavy atom. The molecule has 1 heterocycles. The van der Waals surface area contributed by atoms with Gasteiger partial charge in [-0.15, -0.1) is 24.0 Å². The van der Waals surface area contributed by atoms with Gasteiger partial charge in [0.25, 0.3) is 0 Å². The fraction of sp³-hybridized carbons (Fsp3) is 0.650. The number of nitrogens with one attached hydrogen (secondary N) is 2. The molecule has 1 fully saturated rings. The van der Waals surface area contributed by atoms with E-state index in [-0.39, 0.29) is 36.5 Å². The standard InChI is InChI=1S/C20H34N4O.HI/c1-3-21-20(23-15-19-12-8-9-13-24(19)4-2)22-14-18(16-25)17-10-6-5-7-11-17;/h5-7,10-11,18-19,25H,3-4,8-9,12-16H2,1-2H3,(H2,21,22,23);1H. The fourth-order valence-corrected chi connectivity index (χ4v) is 3.46. The van der Waals surface area contributed by atoms with Crippen molar-refractivity contribution in [1.29, 1.82) is 0 Å². The largest absolute Gasteiger partial charge is 0.396 e. The lowest BCUT2D eigenvalue weighted by Gasteiger charge is -2.35. The van der Waals surface area contributed by atoms with Gasteiger partial charge in [-0.2, -0.15) is 0 Å². The third kappa shape index (κ3) is 7.40. The topological polar surface area (TPSA) is 59.9 Å². The van der Waals surface area contributed by atoms with Crippen LogP contribution in [0.2, 0.25) is 0 Å². The zero-order chi connectivity index (χ0) is 17.9. The number of piperidine rings is 1. The lowest BCUT2D eigenvalue weighted by molar-refractivity contribution is 0.157. The lowest BCUT2D eigenvalue weighted by Crippen LogP contribution is -2.49. The zero-order valence-electron chi connectivity index (χ0n) is 16.2. The molecular formula is C20H35IN4O. The molecule has 0 saturated carbocycles. The summed E-state index contributed by atoms with van der Waals surface area (Å²) in [5, 5.41) is 16.5. The number of aliphatic hydroxyl groups is 1. The van der Waals surface area contributed by atoms with Gasteiger partial charge in [0, 0.05) is 25.0 Å². The maximum Gasteiger partial charge on any atom is 0.191 e. The van der Waals surface area contributed by atoms with Gasteiger partial charge in [-0.05, 0) is 38.4 Å². The molecule has 2 unspecified atom stereocenters. The van der Waals surface area contributed by atoms with Crippen LogP contribution in [0.25, 0.3) is 0 Å². The minimum atomic E-state index is 0. The van der Waals surface area contributed by atoms with E-state index < -0.39 is 0 Å². The highest BCUT2D eigenvalue weighted by molar-refractivity contribution is 14.0. The minimum absolute atomic E-state index is 0. The van der Waals surface area contributed by atoms with Crippen LogP contribution in [0.15, 0.2) is 35.3 Å². The molecule has 2 rings (SSSR count). The molecule has 1 aromatic rings. The molecule has 5 nitrogen and oxygen atoms in total. The number of halogens is 1. The number of aliphatic imine (C=N–C) groups is 1. The van der Waals surface area contributed by atoms with Gasteiger partial charge in [0.2, 0.25) is 0 Å². The smallest absolute Gasteiger partial charge is 0.191 e. The monoisotopic (exact) mass is 474 g/mol. The van der Waals surface area contributed by atoms with Crippen LogP contribution in [0.3, 0.4) is 0 Å². The number of likely N-dealkylation sites (N-methyl/N-ethyl adjacent to an activating group) is 1. The number of nitrogens with zero attached hydrogens (tertiary/aromatic N) is 2. The third-order valence-corrected chi connectivity index (χ3v) is 4.97. The van der Waals surface area contributed by atoms with Crippen LogP contribution >= 0.6 is 24.0 Å². The summed E-state index contributed by atoms with van der Waals surface area (Å²) in [6, 6.07) is 10.7. The van der Waals surface area contributed by atoms with Crippen molar-refractivity contribution < 1.29 is 5.11 Å². The van der Waals surface area contributed by atoms with Crippen LogP contribution in [-0.2, 0) is 0 Å². The first kappa shape index (κ1) is 23.2. The van der Waals surface area contributed by atoms with E-state index in [4.69, 9.17) is 4.99 Å². The van der Waals surface area contributed by atoms with Gasteiger partial charge in [-0.25, -0.2) is 0 Å². The summed E-state index contributed by atoms with van der Waals surface area (Å²) in [4.78, 5) is 7.27. The van der Waals surface area contributed by atoms with Crippen LogP contribution in [0.1, 0.15) is 44.6 Å². The van der Waals surface area contributed by atoms with Crippen LogP contribution in [0, 0.1) is 0 Å². The summed E-state index contributed by atoms with van der Waals surface area (Å²) in [5.41, 5.74) is 1.13. The molecule has 0 spiro atoms. The second-order valence-corrected chi connectivity index (χ2v) is 6.67. The van der Waals surface area contributed by atoms with Crippen molar-refractivity contribution in [3.63, 3.8) is 0 Å². The molecule has 0 aromatic heterocycles. The number of rotatable bonds is 8. The highest BCUT2D eigenvalue weighted by Crippen LogP contribution is 2.16. The molecule has 1 aliphatic rings. The van der Waals surface area contributed by atoms with E-state index in [0.717, 1.165) is 31.2 Å². The lowest BCUT2D eigenvalue weighted by atomic mass is 10.0. The number of aliphatic hydroxyl groups excluding tert-OH is 1. The average Bonchev–Trinajstić information content (AvgIpc) is 2.67. The van der Waals surface area contributed by atoms with E-state index in [0.29, 0.717) is 12.6 Å². The Hall–Kier alpha value is -0.860. The van der Waals surface area contributed by atoms with Crippen molar-refractivity contribution >= 4 is 29.9 Å². The Labute approximate surface area is 175 Å². The van der Waals surface area contributed by atoms with Gasteiger partial charge in [0.05, 0.1) is 13.2 Å². The molecule has 0 aliphatic carbocycles. The predicted molar refractivity (Wildman–Crippen MR) is 121 cm³/mol. The summed E-state index contributed by atoms with van der Waals surface area (Å²) in [6.07, 6.45) is 3.88. The van der Waals surface area contributed by atoms with Crippen molar-refractivity contribution in [2.45, 2.75) is 45.1 Å². The van der Waals surface area contributed by atoms with Crippen molar-refractivity contribution in [2.75, 3.05) is 39.3 Å². The quantitative estimate of drug-likeness (QED) is 0.308. The number of guanidine groups is 1. The predicted octanol–water partition coefficient (Wildman–Crippen LogP) is 2.81. The highest BCUT2D eigenvalue weighted by Gasteiger charge is 2.20. The molecule has 1 aromatic carbocycles. The normalized spacial score (nSPS) is 19.5. The van der Waals surface area contributed by atoms with Crippen molar-refractivity contribution in [3.8, 4) is 0 Å². The van der Waals surface area contributed by atoms with Crippen LogP contribution in [0.4, 0.5) is 0 Å². The van der Waals surface area contributed by atoms with E-state index in [9.17, 15) is 5.11 Å². The Morgan fingerprint density at radius 3 is 2.65 bits per heavy atom. The first-order chi connectivity index (χ1) is 12.3. The van der Waals surface area contributed by atoms with Crippen molar-refractivity contribution in [3.05, 3.63) is 35.9 Å². The van der Waals surface area contributed by atoms with Gasteiger partial charge >= 0.3 is 0 Å². The molecular weight excluding hydrogens is 439 g/mol. The Morgan fingerprint density at radius 2 is 2.00 bits per heavy atom. The van der Waals surface area contributed by atoms with Crippen LogP contribution < -0.4 is 10.6 Å². The number of benzene rings is 1. The maximum atomic E-state index is 9.71. The first-order valence-electron chi connectivity index (χ1n) is 9.70. The van der Waals surface area contributed by atoms with E-state index in [2.05, 4.69) is 41.5 Å². The molecule has 26 heavy (non-hydrogen) atoms. The average molecular weight is 474 g/mol. The van der Waals surface area contributed by atoms with Crippen LogP contribution in [-0.4, -0.2) is 61.3 Å². The Kier molecular flexibility index (Phi) is 11.9. The summed E-state index contributed by atoms with van der Waals surface area (Å²) in [6.45, 7) is 9.09. The molecule has 3 N–H and O–H groups in total. The van der Waals surface area contributed by atoms with Gasteiger partial charge in [0.15, 0.2) is 5.96 Å². The first-order valence-corrected chi connectivity index (χ1v) is 9.70. The molecule has 6 heteroatoms. The Bertz CT molecular complexity index is 512. The van der Waals surface area contributed by atoms with Gasteiger partial charge in [-0.1, -0.05) is 43.7 Å². The SMILES string of the molecule is CCNC(=NCC(CO)c1ccccc1)NCC1CCCCN1CC.I.